The lowest BCUT2D eigenvalue weighted by atomic mass is 10.2. The summed E-state index contributed by atoms with van der Waals surface area (Å²) >= 11 is 1.25. The zero-order valence-electron chi connectivity index (χ0n) is 16.4. The first-order chi connectivity index (χ1) is 13.9. The van der Waals surface area contributed by atoms with Crippen LogP contribution in [0.3, 0.4) is 0 Å². The van der Waals surface area contributed by atoms with Gasteiger partial charge in [0.25, 0.3) is 10.0 Å². The summed E-state index contributed by atoms with van der Waals surface area (Å²) in [5.41, 5.74) is 2.98. The third-order valence-corrected chi connectivity index (χ3v) is 8.07. The number of sulfonamides is 1. The molecule has 1 aliphatic heterocycles. The molecule has 1 fully saturated rings. The highest BCUT2D eigenvalue weighted by Gasteiger charge is 2.29. The standard InChI is InChI=1S/C20H23N5O2S2/c1-15-5-7-17(8-6-15)22-20-21-16(2)14-18(23-20)24-9-11-25(12-10-24)29(26,27)19-4-3-13-28-19/h3-8,13-14H,9-12H2,1-2H3,(H,21,22,23). The lowest BCUT2D eigenvalue weighted by Crippen LogP contribution is -2.48. The number of piperazine rings is 1. The molecular weight excluding hydrogens is 406 g/mol. The molecule has 1 saturated heterocycles. The van der Waals surface area contributed by atoms with E-state index in [0.29, 0.717) is 36.3 Å². The molecule has 1 aliphatic rings. The van der Waals surface area contributed by atoms with E-state index in [-0.39, 0.29) is 0 Å². The van der Waals surface area contributed by atoms with Crippen molar-refractivity contribution in [3.05, 3.63) is 59.1 Å². The molecule has 7 nitrogen and oxygen atoms in total. The van der Waals surface area contributed by atoms with Crippen molar-refractivity contribution in [2.24, 2.45) is 0 Å². The van der Waals surface area contributed by atoms with Crippen LogP contribution in [0.15, 0.2) is 52.1 Å². The molecule has 1 aromatic carbocycles. The molecule has 0 saturated carbocycles. The molecule has 4 rings (SSSR count). The van der Waals surface area contributed by atoms with Crippen molar-refractivity contribution in [3.8, 4) is 0 Å². The predicted molar refractivity (Wildman–Crippen MR) is 117 cm³/mol. The Morgan fingerprint density at radius 3 is 2.38 bits per heavy atom. The van der Waals surface area contributed by atoms with Gasteiger partial charge in [-0.15, -0.1) is 11.3 Å². The first-order valence-corrected chi connectivity index (χ1v) is 11.7. The average Bonchev–Trinajstić information content (AvgIpc) is 3.25. The van der Waals surface area contributed by atoms with Crippen molar-refractivity contribution in [1.82, 2.24) is 14.3 Å². The van der Waals surface area contributed by atoms with Gasteiger partial charge in [0.2, 0.25) is 5.95 Å². The van der Waals surface area contributed by atoms with Crippen LogP contribution in [0.5, 0.6) is 0 Å². The SMILES string of the molecule is Cc1ccc(Nc2nc(C)cc(N3CCN(S(=O)(=O)c4cccs4)CC3)n2)cc1. The van der Waals surface area contributed by atoms with Crippen LogP contribution in [0.4, 0.5) is 17.5 Å². The Balaban J connectivity index is 1.47. The molecule has 3 aromatic rings. The van der Waals surface area contributed by atoms with Crippen LogP contribution in [-0.4, -0.2) is 48.9 Å². The molecule has 1 N–H and O–H groups in total. The molecule has 152 valence electrons. The summed E-state index contributed by atoms with van der Waals surface area (Å²) < 4.78 is 27.4. The van der Waals surface area contributed by atoms with E-state index in [0.717, 1.165) is 17.2 Å². The van der Waals surface area contributed by atoms with E-state index < -0.39 is 10.0 Å². The van der Waals surface area contributed by atoms with E-state index in [4.69, 9.17) is 0 Å². The average molecular weight is 430 g/mol. The normalized spacial score (nSPS) is 15.4. The highest BCUT2D eigenvalue weighted by molar-refractivity contribution is 7.91. The van der Waals surface area contributed by atoms with Crippen molar-refractivity contribution >= 4 is 38.8 Å². The molecule has 0 unspecified atom stereocenters. The Morgan fingerprint density at radius 1 is 1.00 bits per heavy atom. The van der Waals surface area contributed by atoms with E-state index >= 15 is 0 Å². The highest BCUT2D eigenvalue weighted by atomic mass is 32.2. The van der Waals surface area contributed by atoms with Crippen molar-refractivity contribution in [2.45, 2.75) is 18.1 Å². The lowest BCUT2D eigenvalue weighted by molar-refractivity contribution is 0.384. The Kier molecular flexibility index (Phi) is 5.53. The summed E-state index contributed by atoms with van der Waals surface area (Å²) in [5.74, 6) is 1.35. The van der Waals surface area contributed by atoms with Crippen LogP contribution in [0, 0.1) is 13.8 Å². The summed E-state index contributed by atoms with van der Waals surface area (Å²) in [5, 5.41) is 5.04. The molecule has 0 radical (unpaired) electrons. The van der Waals surface area contributed by atoms with Gasteiger partial charge < -0.3 is 10.2 Å². The summed E-state index contributed by atoms with van der Waals surface area (Å²) in [6.07, 6.45) is 0. The molecule has 0 amide bonds. The third kappa shape index (κ3) is 4.42. The lowest BCUT2D eigenvalue weighted by Gasteiger charge is -2.34. The molecule has 0 spiro atoms. The van der Waals surface area contributed by atoms with E-state index in [1.165, 1.54) is 16.9 Å². The summed E-state index contributed by atoms with van der Waals surface area (Å²) in [7, 11) is -3.40. The minimum atomic E-state index is -3.40. The molecule has 2 aromatic heterocycles. The number of hydrogen-bond acceptors (Lipinski definition) is 7. The van der Waals surface area contributed by atoms with Gasteiger partial charge in [0, 0.05) is 43.6 Å². The number of nitrogens with one attached hydrogen (secondary N) is 1. The second-order valence-corrected chi connectivity index (χ2v) is 10.1. The van der Waals surface area contributed by atoms with Gasteiger partial charge in [-0.1, -0.05) is 23.8 Å². The fourth-order valence-corrected chi connectivity index (χ4v) is 5.80. The Labute approximate surface area is 175 Å². The Hall–Kier alpha value is -2.49. The van der Waals surface area contributed by atoms with Gasteiger partial charge >= 0.3 is 0 Å². The smallest absolute Gasteiger partial charge is 0.252 e. The number of anilines is 3. The van der Waals surface area contributed by atoms with Gasteiger partial charge in [0.15, 0.2) is 0 Å². The topological polar surface area (TPSA) is 78.4 Å². The van der Waals surface area contributed by atoms with Gasteiger partial charge in [-0.3, -0.25) is 0 Å². The van der Waals surface area contributed by atoms with E-state index in [2.05, 4.69) is 20.2 Å². The van der Waals surface area contributed by atoms with Crippen LogP contribution >= 0.6 is 11.3 Å². The van der Waals surface area contributed by atoms with E-state index in [1.807, 2.05) is 44.2 Å². The molecular formula is C20H23N5O2S2. The largest absolute Gasteiger partial charge is 0.354 e. The minimum absolute atomic E-state index is 0.397. The molecule has 0 atom stereocenters. The number of thiophene rings is 1. The van der Waals surface area contributed by atoms with Gasteiger partial charge in [-0.05, 0) is 37.4 Å². The predicted octanol–water partition coefficient (Wildman–Crippen LogP) is 3.41. The summed E-state index contributed by atoms with van der Waals surface area (Å²) in [6, 6.07) is 13.4. The van der Waals surface area contributed by atoms with Crippen LogP contribution in [0.2, 0.25) is 0 Å². The Bertz CT molecular complexity index is 1070. The highest BCUT2D eigenvalue weighted by Crippen LogP contribution is 2.24. The van der Waals surface area contributed by atoms with Gasteiger partial charge in [-0.2, -0.15) is 9.29 Å². The van der Waals surface area contributed by atoms with Crippen molar-refractivity contribution in [2.75, 3.05) is 36.4 Å². The van der Waals surface area contributed by atoms with Crippen molar-refractivity contribution in [1.29, 1.82) is 0 Å². The van der Waals surface area contributed by atoms with Gasteiger partial charge in [-0.25, -0.2) is 13.4 Å². The van der Waals surface area contributed by atoms with Crippen LogP contribution in [0.25, 0.3) is 0 Å². The van der Waals surface area contributed by atoms with Gasteiger partial charge in [0.1, 0.15) is 10.0 Å². The van der Waals surface area contributed by atoms with Gasteiger partial charge in [0.05, 0.1) is 0 Å². The van der Waals surface area contributed by atoms with E-state index in [1.54, 1.807) is 21.8 Å². The maximum Gasteiger partial charge on any atom is 0.252 e. The molecule has 29 heavy (non-hydrogen) atoms. The second kappa shape index (κ2) is 8.10. The van der Waals surface area contributed by atoms with Crippen LogP contribution in [0.1, 0.15) is 11.3 Å². The summed E-state index contributed by atoms with van der Waals surface area (Å²) in [4.78, 5) is 11.2. The monoisotopic (exact) mass is 429 g/mol. The number of nitrogens with zero attached hydrogens (tertiary/aromatic N) is 4. The Morgan fingerprint density at radius 2 is 1.72 bits per heavy atom. The minimum Gasteiger partial charge on any atom is -0.354 e. The second-order valence-electron chi connectivity index (χ2n) is 7.01. The number of hydrogen-bond donors (Lipinski definition) is 1. The molecule has 0 bridgehead atoms. The molecule has 0 aliphatic carbocycles. The van der Waals surface area contributed by atoms with Crippen LogP contribution < -0.4 is 10.2 Å². The number of benzene rings is 1. The first-order valence-electron chi connectivity index (χ1n) is 9.40. The first kappa shape index (κ1) is 19.8. The maximum absolute atomic E-state index is 12.7. The third-order valence-electron chi connectivity index (χ3n) is 4.80. The molecule has 9 heteroatoms. The fraction of sp³-hybridized carbons (Fsp3) is 0.300. The quantitative estimate of drug-likeness (QED) is 0.670. The number of rotatable bonds is 5. The number of aromatic nitrogens is 2. The summed E-state index contributed by atoms with van der Waals surface area (Å²) in [6.45, 7) is 6.02. The zero-order valence-corrected chi connectivity index (χ0v) is 18.0. The van der Waals surface area contributed by atoms with Crippen molar-refractivity contribution in [3.63, 3.8) is 0 Å². The zero-order chi connectivity index (χ0) is 20.4. The van der Waals surface area contributed by atoms with E-state index in [9.17, 15) is 8.42 Å². The maximum atomic E-state index is 12.7. The number of aryl methyl sites for hydroxylation is 2. The van der Waals surface area contributed by atoms with Crippen molar-refractivity contribution < 1.29 is 8.42 Å². The molecule has 3 heterocycles. The van der Waals surface area contributed by atoms with Crippen LogP contribution in [-0.2, 0) is 10.0 Å². The fourth-order valence-electron chi connectivity index (χ4n) is 3.23.